The van der Waals surface area contributed by atoms with Crippen molar-refractivity contribution in [2.45, 2.75) is 52.6 Å². The number of hydrogen-bond acceptors (Lipinski definition) is 4. The Morgan fingerprint density at radius 3 is 2.76 bits per heavy atom. The van der Waals surface area contributed by atoms with Crippen molar-refractivity contribution in [2.24, 2.45) is 10.9 Å². The maximum absolute atomic E-state index is 12.1. The first-order valence-electron chi connectivity index (χ1n) is 10.0. The van der Waals surface area contributed by atoms with Gasteiger partial charge in [0, 0.05) is 29.2 Å². The van der Waals surface area contributed by atoms with Crippen LogP contribution in [0.5, 0.6) is 0 Å². The second-order valence-electron chi connectivity index (χ2n) is 6.94. The molecule has 0 bridgehead atoms. The van der Waals surface area contributed by atoms with Gasteiger partial charge in [0.2, 0.25) is 5.91 Å². The van der Waals surface area contributed by atoms with Gasteiger partial charge in [0.05, 0.1) is 13.1 Å². The number of nitrogens with one attached hydrogen (secondary N) is 3. The largest absolute Gasteiger partial charge is 0.357 e. The minimum Gasteiger partial charge on any atom is -0.357 e. The minimum absolute atomic E-state index is 0. The van der Waals surface area contributed by atoms with Gasteiger partial charge in [-0.2, -0.15) is 0 Å². The van der Waals surface area contributed by atoms with E-state index in [0.717, 1.165) is 54.4 Å². The van der Waals surface area contributed by atoms with Gasteiger partial charge in [-0.1, -0.05) is 25.5 Å². The summed E-state index contributed by atoms with van der Waals surface area (Å²) in [7, 11) is 0. The lowest BCUT2D eigenvalue weighted by molar-refractivity contribution is -0.122. The molecule has 1 aromatic carbocycles. The van der Waals surface area contributed by atoms with Crippen molar-refractivity contribution in [3.8, 4) is 0 Å². The summed E-state index contributed by atoms with van der Waals surface area (Å²) in [5.41, 5.74) is 1.91. The number of guanidine groups is 1. The molecule has 3 N–H and O–H groups in total. The fraction of sp³-hybridized carbons (Fsp3) is 0.476. The number of hydrogen-bond donors (Lipinski definition) is 3. The highest BCUT2D eigenvalue weighted by atomic mass is 127. The zero-order valence-electron chi connectivity index (χ0n) is 17.0. The van der Waals surface area contributed by atoms with Gasteiger partial charge in [0.15, 0.2) is 5.96 Å². The fourth-order valence-corrected chi connectivity index (χ4v) is 3.73. The Bertz CT molecular complexity index is 819. The van der Waals surface area contributed by atoms with Gasteiger partial charge in [0.1, 0.15) is 5.01 Å². The van der Waals surface area contributed by atoms with Crippen LogP contribution in [0.3, 0.4) is 0 Å². The first kappa shape index (κ1) is 23.6. The van der Waals surface area contributed by atoms with Crippen LogP contribution in [0.25, 0.3) is 0 Å². The van der Waals surface area contributed by atoms with Crippen molar-refractivity contribution in [2.75, 3.05) is 11.9 Å². The Morgan fingerprint density at radius 1 is 1.28 bits per heavy atom. The Balaban J connectivity index is 0.00000300. The van der Waals surface area contributed by atoms with Gasteiger partial charge in [-0.15, -0.1) is 35.3 Å². The third kappa shape index (κ3) is 7.26. The predicted molar refractivity (Wildman–Crippen MR) is 131 cm³/mol. The van der Waals surface area contributed by atoms with Crippen molar-refractivity contribution in [1.82, 2.24) is 15.6 Å². The molecule has 1 aromatic heterocycles. The van der Waals surface area contributed by atoms with Gasteiger partial charge in [-0.3, -0.25) is 4.79 Å². The minimum atomic E-state index is 0. The van der Waals surface area contributed by atoms with Crippen LogP contribution in [0.2, 0.25) is 0 Å². The number of carbonyl (C=O) groups is 1. The number of carbonyl (C=O) groups excluding carboxylic acids is 1. The highest BCUT2D eigenvalue weighted by Gasteiger charge is 2.25. The second kappa shape index (κ2) is 12.1. The van der Waals surface area contributed by atoms with Gasteiger partial charge >= 0.3 is 0 Å². The molecule has 3 rings (SSSR count). The Labute approximate surface area is 194 Å². The van der Waals surface area contributed by atoms with E-state index in [1.165, 1.54) is 4.88 Å². The second-order valence-corrected chi connectivity index (χ2v) is 8.14. The predicted octanol–water partition coefficient (Wildman–Crippen LogP) is 4.32. The molecule has 0 aliphatic heterocycles. The molecule has 0 unspecified atom stereocenters. The van der Waals surface area contributed by atoms with Crippen LogP contribution in [-0.2, 0) is 24.3 Å². The molecule has 0 atom stereocenters. The number of benzene rings is 1. The average Bonchev–Trinajstić information content (AvgIpc) is 3.11. The van der Waals surface area contributed by atoms with Crippen molar-refractivity contribution >= 4 is 52.9 Å². The molecule has 1 aliphatic carbocycles. The normalized spacial score (nSPS) is 13.9. The van der Waals surface area contributed by atoms with Gasteiger partial charge in [-0.25, -0.2) is 9.98 Å². The van der Waals surface area contributed by atoms with E-state index in [1.807, 2.05) is 37.4 Å². The zero-order chi connectivity index (χ0) is 19.8. The number of rotatable bonds is 8. The number of anilines is 1. The molecule has 2 aromatic rings. The Morgan fingerprint density at radius 2 is 2.10 bits per heavy atom. The number of halogens is 1. The van der Waals surface area contributed by atoms with Crippen molar-refractivity contribution in [1.29, 1.82) is 0 Å². The summed E-state index contributed by atoms with van der Waals surface area (Å²) in [5, 5.41) is 10.7. The fourth-order valence-electron chi connectivity index (χ4n) is 2.93. The van der Waals surface area contributed by atoms with E-state index in [0.29, 0.717) is 13.1 Å². The molecule has 158 valence electrons. The van der Waals surface area contributed by atoms with E-state index >= 15 is 0 Å². The first-order valence-corrected chi connectivity index (χ1v) is 10.8. The summed E-state index contributed by atoms with van der Waals surface area (Å²) >= 11 is 1.73. The molecule has 1 amide bonds. The summed E-state index contributed by atoms with van der Waals surface area (Å²) in [6.07, 6.45) is 6.13. The molecule has 1 fully saturated rings. The average molecular weight is 527 g/mol. The molecule has 0 saturated heterocycles. The molecule has 1 saturated carbocycles. The molecular formula is C21H30IN5OS. The van der Waals surface area contributed by atoms with Gasteiger partial charge in [0.25, 0.3) is 0 Å². The Hall–Kier alpha value is -1.68. The van der Waals surface area contributed by atoms with Crippen LogP contribution in [0, 0.1) is 5.92 Å². The summed E-state index contributed by atoms with van der Waals surface area (Å²) in [6, 6.07) is 7.92. The number of aryl methyl sites for hydroxylation is 1. The molecule has 29 heavy (non-hydrogen) atoms. The molecule has 0 radical (unpaired) electrons. The highest BCUT2D eigenvalue weighted by Crippen LogP contribution is 2.27. The zero-order valence-corrected chi connectivity index (χ0v) is 20.2. The molecular weight excluding hydrogens is 497 g/mol. The maximum Gasteiger partial charge on any atom is 0.227 e. The maximum atomic E-state index is 12.1. The standard InChI is InChI=1S/C21H29N5OS.HI/c1-3-18-13-23-19(28-18)14-25-21(22-4-2)24-12-15-7-5-10-17(11-15)26-20(27)16-8-6-9-16;/h5,7,10-11,13,16H,3-4,6,8-9,12,14H2,1-2H3,(H,26,27)(H2,22,24,25);1H. The van der Waals surface area contributed by atoms with E-state index in [9.17, 15) is 4.79 Å². The lowest BCUT2D eigenvalue weighted by Gasteiger charge is -2.24. The summed E-state index contributed by atoms with van der Waals surface area (Å²) in [5.74, 6) is 1.08. The highest BCUT2D eigenvalue weighted by molar-refractivity contribution is 14.0. The van der Waals surface area contributed by atoms with Gasteiger partial charge in [-0.05, 0) is 43.9 Å². The van der Waals surface area contributed by atoms with Crippen LogP contribution in [-0.4, -0.2) is 23.4 Å². The SMILES string of the molecule is CCNC(=NCc1cccc(NC(=O)C2CCC2)c1)NCc1ncc(CC)s1.I. The third-order valence-corrected chi connectivity index (χ3v) is 5.93. The summed E-state index contributed by atoms with van der Waals surface area (Å²) in [6.45, 7) is 6.18. The lowest BCUT2D eigenvalue weighted by atomic mass is 9.85. The number of aromatic nitrogens is 1. The monoisotopic (exact) mass is 527 g/mol. The number of nitrogens with zero attached hydrogens (tertiary/aromatic N) is 2. The van der Waals surface area contributed by atoms with Crippen LogP contribution in [0.4, 0.5) is 5.69 Å². The smallest absolute Gasteiger partial charge is 0.227 e. The number of aliphatic imine (C=N–C) groups is 1. The molecule has 0 spiro atoms. The van der Waals surface area contributed by atoms with E-state index in [4.69, 9.17) is 0 Å². The first-order chi connectivity index (χ1) is 13.7. The quantitative estimate of drug-likeness (QED) is 0.272. The van der Waals surface area contributed by atoms with E-state index < -0.39 is 0 Å². The van der Waals surface area contributed by atoms with Crippen LogP contribution in [0.1, 0.15) is 48.6 Å². The molecule has 1 aliphatic rings. The van der Waals surface area contributed by atoms with E-state index in [1.54, 1.807) is 11.3 Å². The van der Waals surface area contributed by atoms with Crippen molar-refractivity contribution in [3.05, 3.63) is 45.9 Å². The van der Waals surface area contributed by atoms with Crippen LogP contribution < -0.4 is 16.0 Å². The van der Waals surface area contributed by atoms with E-state index in [2.05, 4.69) is 32.9 Å². The molecule has 8 heteroatoms. The molecule has 1 heterocycles. The summed E-state index contributed by atoms with van der Waals surface area (Å²) in [4.78, 5) is 22.5. The molecule has 6 nitrogen and oxygen atoms in total. The third-order valence-electron chi connectivity index (χ3n) is 4.79. The van der Waals surface area contributed by atoms with Crippen LogP contribution in [0.15, 0.2) is 35.5 Å². The van der Waals surface area contributed by atoms with E-state index in [-0.39, 0.29) is 35.8 Å². The lowest BCUT2D eigenvalue weighted by Crippen LogP contribution is -2.36. The number of amides is 1. The van der Waals surface area contributed by atoms with Crippen LogP contribution >= 0.6 is 35.3 Å². The topological polar surface area (TPSA) is 78.4 Å². The van der Waals surface area contributed by atoms with Crippen molar-refractivity contribution < 1.29 is 4.79 Å². The van der Waals surface area contributed by atoms with Gasteiger partial charge < -0.3 is 16.0 Å². The van der Waals surface area contributed by atoms with Crippen molar-refractivity contribution in [3.63, 3.8) is 0 Å². The summed E-state index contributed by atoms with van der Waals surface area (Å²) < 4.78 is 0. The Kier molecular flexibility index (Phi) is 9.86. The number of thiazole rings is 1.